The highest BCUT2D eigenvalue weighted by Crippen LogP contribution is 2.31. The Labute approximate surface area is 173 Å². The van der Waals surface area contributed by atoms with Crippen molar-refractivity contribution in [1.82, 2.24) is 10.2 Å². The number of benzene rings is 2. The van der Waals surface area contributed by atoms with Crippen molar-refractivity contribution in [3.05, 3.63) is 69.2 Å². The van der Waals surface area contributed by atoms with Crippen LogP contribution in [0.1, 0.15) is 51.2 Å². The van der Waals surface area contributed by atoms with Gasteiger partial charge in [0.1, 0.15) is 0 Å². The summed E-state index contributed by atoms with van der Waals surface area (Å²) in [5.41, 5.74) is 0.0464. The molecule has 1 aliphatic rings. The van der Waals surface area contributed by atoms with Gasteiger partial charge in [-0.2, -0.15) is 13.2 Å². The van der Waals surface area contributed by atoms with Crippen LogP contribution >= 0.6 is 15.9 Å². The Morgan fingerprint density at radius 1 is 1.10 bits per heavy atom. The minimum atomic E-state index is -4.47. The van der Waals surface area contributed by atoms with Crippen LogP contribution < -0.4 is 5.32 Å². The van der Waals surface area contributed by atoms with Gasteiger partial charge in [0.2, 0.25) is 5.91 Å². The van der Waals surface area contributed by atoms with Crippen LogP contribution in [0, 0.1) is 0 Å². The summed E-state index contributed by atoms with van der Waals surface area (Å²) in [6.45, 7) is 1.44. The number of rotatable bonds is 5. The Kier molecular flexibility index (Phi) is 5.79. The second-order valence-corrected chi connectivity index (χ2v) is 7.53. The van der Waals surface area contributed by atoms with Gasteiger partial charge in [-0.15, -0.1) is 0 Å². The van der Waals surface area contributed by atoms with Crippen LogP contribution in [-0.4, -0.2) is 29.2 Å². The molecule has 0 saturated carbocycles. The highest BCUT2D eigenvalue weighted by atomic mass is 79.9. The number of carbonyl (C=O) groups is 3. The number of alkyl halides is 3. The fourth-order valence-electron chi connectivity index (χ4n) is 3.06. The second kappa shape index (κ2) is 7.98. The van der Waals surface area contributed by atoms with Crippen LogP contribution in [0.25, 0.3) is 0 Å². The van der Waals surface area contributed by atoms with E-state index in [9.17, 15) is 27.6 Å². The predicted octanol–water partition coefficient (Wildman–Crippen LogP) is 4.33. The molecule has 0 aromatic heterocycles. The lowest BCUT2D eigenvalue weighted by molar-refractivity contribution is -0.137. The SMILES string of the molecule is CC(NC(=O)CCN1C(=O)c2ccc(Br)cc2C1=O)c1cccc(C(F)(F)F)c1. The van der Waals surface area contributed by atoms with E-state index >= 15 is 0 Å². The quantitative estimate of drug-likeness (QED) is 0.664. The molecule has 5 nitrogen and oxygen atoms in total. The number of hydrogen-bond acceptors (Lipinski definition) is 3. The van der Waals surface area contributed by atoms with Gasteiger partial charge in [0.05, 0.1) is 22.7 Å². The minimum absolute atomic E-state index is 0.120. The Morgan fingerprint density at radius 3 is 2.48 bits per heavy atom. The van der Waals surface area contributed by atoms with Gasteiger partial charge in [0, 0.05) is 17.4 Å². The first-order valence-electron chi connectivity index (χ1n) is 8.70. The summed E-state index contributed by atoms with van der Waals surface area (Å²) in [5.74, 6) is -1.44. The maximum Gasteiger partial charge on any atom is 0.416 e. The van der Waals surface area contributed by atoms with Crippen molar-refractivity contribution in [2.24, 2.45) is 0 Å². The summed E-state index contributed by atoms with van der Waals surface area (Å²) in [6, 6.07) is 8.77. The number of hydrogen-bond donors (Lipinski definition) is 1. The van der Waals surface area contributed by atoms with Gasteiger partial charge in [-0.3, -0.25) is 19.3 Å². The van der Waals surface area contributed by atoms with E-state index in [0.717, 1.165) is 17.0 Å². The third-order valence-corrected chi connectivity index (χ3v) is 5.08. The van der Waals surface area contributed by atoms with Gasteiger partial charge in [-0.25, -0.2) is 0 Å². The third kappa shape index (κ3) is 4.50. The van der Waals surface area contributed by atoms with Crippen LogP contribution in [0.15, 0.2) is 46.9 Å². The lowest BCUT2D eigenvalue weighted by Gasteiger charge is -2.18. The minimum Gasteiger partial charge on any atom is -0.350 e. The van der Waals surface area contributed by atoms with E-state index in [4.69, 9.17) is 0 Å². The molecule has 3 amide bonds. The highest BCUT2D eigenvalue weighted by Gasteiger charge is 2.35. The smallest absolute Gasteiger partial charge is 0.350 e. The normalized spacial score (nSPS) is 14.7. The lowest BCUT2D eigenvalue weighted by Crippen LogP contribution is -2.35. The molecule has 29 heavy (non-hydrogen) atoms. The van der Waals surface area contributed by atoms with E-state index in [1.807, 2.05) is 0 Å². The highest BCUT2D eigenvalue weighted by molar-refractivity contribution is 9.10. The van der Waals surface area contributed by atoms with Gasteiger partial charge < -0.3 is 5.32 Å². The van der Waals surface area contributed by atoms with E-state index in [1.165, 1.54) is 18.2 Å². The van der Waals surface area contributed by atoms with E-state index < -0.39 is 35.5 Å². The number of nitrogens with zero attached hydrogens (tertiary/aromatic N) is 1. The van der Waals surface area contributed by atoms with E-state index in [-0.39, 0.29) is 24.1 Å². The zero-order chi connectivity index (χ0) is 21.3. The molecule has 0 fully saturated rings. The number of fused-ring (bicyclic) bond motifs is 1. The van der Waals surface area contributed by atoms with Crippen LogP contribution in [0.3, 0.4) is 0 Å². The van der Waals surface area contributed by atoms with E-state index in [1.54, 1.807) is 19.1 Å². The Balaban J connectivity index is 1.61. The first kappa shape index (κ1) is 21.0. The standard InChI is InChI=1S/C20H16BrF3N2O3/c1-11(12-3-2-4-13(9-12)20(22,23)24)25-17(27)7-8-26-18(28)15-6-5-14(21)10-16(15)19(26)29/h2-6,9-11H,7-8H2,1H3,(H,25,27). The lowest BCUT2D eigenvalue weighted by atomic mass is 10.0. The van der Waals surface area contributed by atoms with Crippen molar-refractivity contribution >= 4 is 33.7 Å². The molecule has 2 aromatic carbocycles. The largest absolute Gasteiger partial charge is 0.416 e. The molecule has 1 unspecified atom stereocenters. The maximum atomic E-state index is 12.8. The van der Waals surface area contributed by atoms with Crippen LogP contribution in [-0.2, 0) is 11.0 Å². The van der Waals surface area contributed by atoms with Crippen molar-refractivity contribution in [3.8, 4) is 0 Å². The van der Waals surface area contributed by atoms with Gasteiger partial charge >= 0.3 is 6.18 Å². The molecule has 1 atom stereocenters. The van der Waals surface area contributed by atoms with Gasteiger partial charge in [-0.1, -0.05) is 28.1 Å². The van der Waals surface area contributed by atoms with E-state index in [2.05, 4.69) is 21.2 Å². The predicted molar refractivity (Wildman–Crippen MR) is 102 cm³/mol. The molecule has 0 saturated heterocycles. The molecule has 1 N–H and O–H groups in total. The second-order valence-electron chi connectivity index (χ2n) is 6.61. The zero-order valence-corrected chi connectivity index (χ0v) is 16.8. The first-order chi connectivity index (χ1) is 13.6. The number of nitrogens with one attached hydrogen (secondary N) is 1. The van der Waals surface area contributed by atoms with Crippen molar-refractivity contribution in [2.75, 3.05) is 6.54 Å². The van der Waals surface area contributed by atoms with Gasteiger partial charge in [0.15, 0.2) is 0 Å². The Hall–Kier alpha value is -2.68. The van der Waals surface area contributed by atoms with Crippen LogP contribution in [0.5, 0.6) is 0 Å². The molecule has 0 bridgehead atoms. The Morgan fingerprint density at radius 2 is 1.79 bits per heavy atom. The van der Waals surface area contributed by atoms with Gasteiger partial charge in [-0.05, 0) is 42.8 Å². The van der Waals surface area contributed by atoms with Crippen molar-refractivity contribution in [3.63, 3.8) is 0 Å². The summed E-state index contributed by atoms with van der Waals surface area (Å²) >= 11 is 3.24. The molecule has 0 spiro atoms. The molecule has 1 heterocycles. The molecular formula is C20H16BrF3N2O3. The third-order valence-electron chi connectivity index (χ3n) is 4.59. The molecule has 0 radical (unpaired) electrons. The van der Waals surface area contributed by atoms with Crippen LogP contribution in [0.2, 0.25) is 0 Å². The van der Waals surface area contributed by atoms with E-state index in [0.29, 0.717) is 10.0 Å². The maximum absolute atomic E-state index is 12.8. The molecule has 9 heteroatoms. The summed E-state index contributed by atoms with van der Waals surface area (Å²) in [5, 5.41) is 2.60. The molecule has 3 rings (SSSR count). The molecular weight excluding hydrogens is 453 g/mol. The van der Waals surface area contributed by atoms with Crippen molar-refractivity contribution in [2.45, 2.75) is 25.6 Å². The average Bonchev–Trinajstić information content (AvgIpc) is 2.89. The molecule has 152 valence electrons. The fraction of sp³-hybridized carbons (Fsp3) is 0.250. The summed E-state index contributed by atoms with van der Waals surface area (Å²) in [7, 11) is 0. The number of imide groups is 1. The molecule has 0 aliphatic carbocycles. The first-order valence-corrected chi connectivity index (χ1v) is 9.49. The zero-order valence-electron chi connectivity index (χ0n) is 15.2. The van der Waals surface area contributed by atoms with Crippen molar-refractivity contribution in [1.29, 1.82) is 0 Å². The monoisotopic (exact) mass is 468 g/mol. The molecule has 2 aromatic rings. The van der Waals surface area contributed by atoms with Crippen LogP contribution in [0.4, 0.5) is 13.2 Å². The average molecular weight is 469 g/mol. The number of carbonyl (C=O) groups excluding carboxylic acids is 3. The Bertz CT molecular complexity index is 991. The number of amides is 3. The summed E-state index contributed by atoms with van der Waals surface area (Å²) < 4.78 is 39.2. The summed E-state index contributed by atoms with van der Waals surface area (Å²) in [6.07, 6.45) is -4.63. The van der Waals surface area contributed by atoms with Crippen molar-refractivity contribution < 1.29 is 27.6 Å². The summed E-state index contributed by atoms with van der Waals surface area (Å²) in [4.78, 5) is 38.0. The number of halogens is 4. The fourth-order valence-corrected chi connectivity index (χ4v) is 3.42. The van der Waals surface area contributed by atoms with Gasteiger partial charge in [0.25, 0.3) is 11.8 Å². The topological polar surface area (TPSA) is 66.5 Å². The molecule has 1 aliphatic heterocycles.